The summed E-state index contributed by atoms with van der Waals surface area (Å²) in [6.07, 6.45) is 0.433. The number of carbonyl (C=O) groups is 1. The third-order valence-electron chi connectivity index (χ3n) is 2.78. The van der Waals surface area contributed by atoms with Crippen molar-refractivity contribution in [1.29, 1.82) is 0 Å². The van der Waals surface area contributed by atoms with Crippen LogP contribution in [0.4, 0.5) is 0 Å². The molecule has 1 N–H and O–H groups in total. The van der Waals surface area contributed by atoms with Gasteiger partial charge in [-0.05, 0) is 60.3 Å². The van der Waals surface area contributed by atoms with E-state index >= 15 is 0 Å². The lowest BCUT2D eigenvalue weighted by atomic mass is 10.1. The van der Waals surface area contributed by atoms with Crippen LogP contribution in [-0.4, -0.2) is 18.1 Å². The number of hydrogen-bond donors (Lipinski definition) is 1. The Balaban J connectivity index is 2.57. The van der Waals surface area contributed by atoms with Gasteiger partial charge in [0.2, 0.25) is 0 Å². The Morgan fingerprint density at radius 1 is 1.25 bits per heavy atom. The molecular weight excluding hydrogens is 386 g/mol. The predicted octanol–water partition coefficient (Wildman–Crippen LogP) is 4.53. The highest BCUT2D eigenvalue weighted by molar-refractivity contribution is 9.11. The molecule has 112 valence electrons. The molecule has 0 saturated heterocycles. The van der Waals surface area contributed by atoms with E-state index in [4.69, 9.17) is 4.74 Å². The molecule has 0 aromatic heterocycles. The number of hydrogen-bond acceptors (Lipinski definition) is 2. The van der Waals surface area contributed by atoms with Gasteiger partial charge in [-0.15, -0.1) is 0 Å². The maximum Gasteiger partial charge on any atom is 0.260 e. The molecule has 0 saturated carbocycles. The zero-order chi connectivity index (χ0) is 15.3. The lowest BCUT2D eigenvalue weighted by molar-refractivity contribution is -0.128. The van der Waals surface area contributed by atoms with Crippen molar-refractivity contribution in [3.8, 4) is 5.75 Å². The molecule has 1 aromatic carbocycles. The number of halogens is 2. The topological polar surface area (TPSA) is 38.3 Å². The van der Waals surface area contributed by atoms with Gasteiger partial charge in [0.1, 0.15) is 5.75 Å². The summed E-state index contributed by atoms with van der Waals surface area (Å²) in [5.74, 6) is 1.13. The molecule has 0 bridgehead atoms. The minimum absolute atomic E-state index is 0.0898. The number of nitrogens with one attached hydrogen (secondary N) is 1. The zero-order valence-corrected chi connectivity index (χ0v) is 15.4. The molecule has 1 aromatic rings. The van der Waals surface area contributed by atoms with Crippen molar-refractivity contribution in [3.05, 3.63) is 27.1 Å². The van der Waals surface area contributed by atoms with Crippen molar-refractivity contribution in [2.24, 2.45) is 5.92 Å². The summed E-state index contributed by atoms with van der Waals surface area (Å²) in [5.41, 5.74) is 0. The van der Waals surface area contributed by atoms with Gasteiger partial charge in [0.05, 0.1) is 4.47 Å². The van der Waals surface area contributed by atoms with E-state index < -0.39 is 6.10 Å². The first-order chi connectivity index (χ1) is 9.29. The Hall–Kier alpha value is -0.550. The molecule has 0 heterocycles. The summed E-state index contributed by atoms with van der Waals surface area (Å²) >= 11 is 6.80. The predicted molar refractivity (Wildman–Crippen MR) is 89.0 cm³/mol. The van der Waals surface area contributed by atoms with E-state index in [2.05, 4.69) is 51.0 Å². The van der Waals surface area contributed by atoms with Gasteiger partial charge in [0.15, 0.2) is 6.10 Å². The highest BCUT2D eigenvalue weighted by Gasteiger charge is 2.18. The summed E-state index contributed by atoms with van der Waals surface area (Å²) in [6.45, 7) is 8.05. The van der Waals surface area contributed by atoms with Gasteiger partial charge in [0.25, 0.3) is 5.91 Å². The SMILES string of the molecule is CC(C)C[C@@H](C)NC(=O)[C@@H](C)Oc1ccc(Br)cc1Br. The average Bonchev–Trinajstić information content (AvgIpc) is 2.31. The lowest BCUT2D eigenvalue weighted by Crippen LogP contribution is -2.41. The van der Waals surface area contributed by atoms with Gasteiger partial charge in [-0.25, -0.2) is 0 Å². The first-order valence-electron chi connectivity index (χ1n) is 6.71. The van der Waals surface area contributed by atoms with Crippen LogP contribution in [-0.2, 0) is 4.79 Å². The summed E-state index contributed by atoms with van der Waals surface area (Å²) in [4.78, 5) is 12.1. The normalized spacial score (nSPS) is 13.9. The fraction of sp³-hybridized carbons (Fsp3) is 0.533. The molecule has 5 heteroatoms. The summed E-state index contributed by atoms with van der Waals surface area (Å²) in [5, 5.41) is 2.97. The van der Waals surface area contributed by atoms with Crippen LogP contribution in [0, 0.1) is 5.92 Å². The second-order valence-corrected chi connectivity index (χ2v) is 7.14. The van der Waals surface area contributed by atoms with E-state index in [0.717, 1.165) is 15.4 Å². The van der Waals surface area contributed by atoms with E-state index in [0.29, 0.717) is 11.7 Å². The van der Waals surface area contributed by atoms with Gasteiger partial charge < -0.3 is 10.1 Å². The van der Waals surface area contributed by atoms with Crippen molar-refractivity contribution in [3.63, 3.8) is 0 Å². The third kappa shape index (κ3) is 5.83. The van der Waals surface area contributed by atoms with Gasteiger partial charge in [-0.1, -0.05) is 29.8 Å². The Labute approximate surface area is 137 Å². The van der Waals surface area contributed by atoms with Gasteiger partial charge in [0, 0.05) is 10.5 Å². The van der Waals surface area contributed by atoms with Crippen molar-refractivity contribution in [2.75, 3.05) is 0 Å². The van der Waals surface area contributed by atoms with E-state index in [9.17, 15) is 4.79 Å². The average molecular weight is 407 g/mol. The van der Waals surface area contributed by atoms with Crippen LogP contribution in [0.1, 0.15) is 34.1 Å². The van der Waals surface area contributed by atoms with E-state index in [1.807, 2.05) is 25.1 Å². The summed E-state index contributed by atoms with van der Waals surface area (Å²) in [6, 6.07) is 5.75. The maximum atomic E-state index is 12.1. The number of carbonyl (C=O) groups excluding carboxylic acids is 1. The van der Waals surface area contributed by atoms with Crippen LogP contribution in [0.25, 0.3) is 0 Å². The molecule has 0 aliphatic heterocycles. The molecule has 2 atom stereocenters. The Bertz CT molecular complexity index is 463. The molecule has 0 unspecified atom stereocenters. The second kappa shape index (κ2) is 8.03. The van der Waals surface area contributed by atoms with E-state index in [1.54, 1.807) is 6.92 Å². The van der Waals surface area contributed by atoms with Crippen LogP contribution in [0.3, 0.4) is 0 Å². The first kappa shape index (κ1) is 17.5. The maximum absolute atomic E-state index is 12.1. The van der Waals surface area contributed by atoms with Crippen LogP contribution in [0.15, 0.2) is 27.1 Å². The summed E-state index contributed by atoms with van der Waals surface area (Å²) in [7, 11) is 0. The molecule has 0 fully saturated rings. The van der Waals surface area contributed by atoms with Crippen LogP contribution in [0.5, 0.6) is 5.75 Å². The van der Waals surface area contributed by atoms with Crippen LogP contribution >= 0.6 is 31.9 Å². The Morgan fingerprint density at radius 2 is 1.90 bits per heavy atom. The van der Waals surface area contributed by atoms with E-state index in [1.165, 1.54) is 0 Å². The fourth-order valence-corrected chi connectivity index (χ4v) is 3.08. The quantitative estimate of drug-likeness (QED) is 0.753. The molecule has 3 nitrogen and oxygen atoms in total. The number of ether oxygens (including phenoxy) is 1. The molecule has 0 radical (unpaired) electrons. The highest BCUT2D eigenvalue weighted by Crippen LogP contribution is 2.28. The Kier molecular flexibility index (Phi) is 7.03. The van der Waals surface area contributed by atoms with Gasteiger partial charge in [-0.2, -0.15) is 0 Å². The highest BCUT2D eigenvalue weighted by atomic mass is 79.9. The van der Waals surface area contributed by atoms with E-state index in [-0.39, 0.29) is 11.9 Å². The van der Waals surface area contributed by atoms with Gasteiger partial charge in [-0.3, -0.25) is 4.79 Å². The lowest BCUT2D eigenvalue weighted by Gasteiger charge is -2.20. The van der Waals surface area contributed by atoms with Crippen molar-refractivity contribution in [1.82, 2.24) is 5.32 Å². The molecule has 0 aliphatic carbocycles. The summed E-state index contributed by atoms with van der Waals surface area (Å²) < 4.78 is 7.47. The van der Waals surface area contributed by atoms with Crippen LogP contribution in [0.2, 0.25) is 0 Å². The molecular formula is C15H21Br2NO2. The van der Waals surface area contributed by atoms with Crippen molar-refractivity contribution in [2.45, 2.75) is 46.3 Å². The minimum Gasteiger partial charge on any atom is -0.480 e. The standard InChI is InChI=1S/C15H21Br2NO2/c1-9(2)7-10(3)18-15(19)11(4)20-14-6-5-12(16)8-13(14)17/h5-6,8-11H,7H2,1-4H3,(H,18,19)/t10-,11-/m1/s1. The second-order valence-electron chi connectivity index (χ2n) is 5.37. The fourth-order valence-electron chi connectivity index (χ4n) is 1.94. The van der Waals surface area contributed by atoms with Crippen molar-refractivity contribution >= 4 is 37.8 Å². The van der Waals surface area contributed by atoms with Crippen LogP contribution < -0.4 is 10.1 Å². The number of benzene rings is 1. The number of rotatable bonds is 6. The first-order valence-corrected chi connectivity index (χ1v) is 8.30. The molecule has 1 amide bonds. The molecule has 0 aliphatic rings. The van der Waals surface area contributed by atoms with Gasteiger partial charge >= 0.3 is 0 Å². The number of amides is 1. The van der Waals surface area contributed by atoms with Crippen molar-refractivity contribution < 1.29 is 9.53 Å². The smallest absolute Gasteiger partial charge is 0.260 e. The largest absolute Gasteiger partial charge is 0.480 e. The molecule has 1 rings (SSSR count). The molecule has 0 spiro atoms. The molecule has 20 heavy (non-hydrogen) atoms. The third-order valence-corrected chi connectivity index (χ3v) is 3.89. The Morgan fingerprint density at radius 3 is 2.45 bits per heavy atom. The zero-order valence-electron chi connectivity index (χ0n) is 12.2. The minimum atomic E-state index is -0.526. The monoisotopic (exact) mass is 405 g/mol.